The van der Waals surface area contributed by atoms with Crippen LogP contribution in [0.5, 0.6) is 0 Å². The number of amidine groups is 1. The lowest BCUT2D eigenvalue weighted by Crippen LogP contribution is -2.11. The second kappa shape index (κ2) is 3.10. The summed E-state index contributed by atoms with van der Waals surface area (Å²) in [5.41, 5.74) is 8.79. The minimum atomic E-state index is 0.573. The third-order valence-corrected chi connectivity index (χ3v) is 3.16. The molecule has 0 saturated carbocycles. The molecule has 0 amide bonds. The van der Waals surface area contributed by atoms with Crippen molar-refractivity contribution in [2.24, 2.45) is 10.7 Å². The molecule has 0 spiro atoms. The summed E-state index contributed by atoms with van der Waals surface area (Å²) in [5, 5.41) is 6.40. The van der Waals surface area contributed by atoms with Crippen LogP contribution in [0.25, 0.3) is 0 Å². The van der Waals surface area contributed by atoms with Crippen molar-refractivity contribution in [1.29, 1.82) is 0 Å². The Morgan fingerprint density at radius 2 is 2.07 bits per heavy atom. The van der Waals surface area contributed by atoms with Crippen molar-refractivity contribution in [3.05, 3.63) is 41.3 Å². The van der Waals surface area contributed by atoms with Crippen molar-refractivity contribution >= 4 is 33.5 Å². The Labute approximate surface area is 91.3 Å². The van der Waals surface area contributed by atoms with E-state index in [4.69, 9.17) is 5.73 Å². The Morgan fingerprint density at radius 1 is 1.20 bits per heavy atom. The van der Waals surface area contributed by atoms with Gasteiger partial charge in [-0.15, -0.1) is 11.3 Å². The van der Waals surface area contributed by atoms with Gasteiger partial charge in [-0.25, -0.2) is 4.99 Å². The lowest BCUT2D eigenvalue weighted by molar-refractivity contribution is 1.48. The maximum Gasteiger partial charge on any atom is 0.134 e. The SMILES string of the molecule is NC1=Nc2ccccc2Nc2sccc21. The van der Waals surface area contributed by atoms with Crippen LogP contribution in [0, 0.1) is 0 Å². The van der Waals surface area contributed by atoms with Gasteiger partial charge in [0.25, 0.3) is 0 Å². The van der Waals surface area contributed by atoms with Gasteiger partial charge in [0.05, 0.1) is 16.9 Å². The molecule has 0 aliphatic carbocycles. The van der Waals surface area contributed by atoms with Crippen molar-refractivity contribution < 1.29 is 0 Å². The summed E-state index contributed by atoms with van der Waals surface area (Å²) < 4.78 is 0. The maximum atomic E-state index is 5.92. The molecule has 1 aromatic heterocycles. The molecule has 0 saturated heterocycles. The molecule has 74 valence electrons. The van der Waals surface area contributed by atoms with Gasteiger partial charge in [-0.1, -0.05) is 12.1 Å². The van der Waals surface area contributed by atoms with Crippen molar-refractivity contribution in [1.82, 2.24) is 0 Å². The normalized spacial score (nSPS) is 13.2. The van der Waals surface area contributed by atoms with Gasteiger partial charge < -0.3 is 11.1 Å². The number of para-hydroxylation sites is 2. The molecule has 3 nitrogen and oxygen atoms in total. The quantitative estimate of drug-likeness (QED) is 0.710. The first kappa shape index (κ1) is 8.49. The fraction of sp³-hybridized carbons (Fsp3) is 0. The molecule has 2 aromatic rings. The van der Waals surface area contributed by atoms with E-state index < -0.39 is 0 Å². The second-order valence-electron chi connectivity index (χ2n) is 3.30. The fourth-order valence-corrected chi connectivity index (χ4v) is 2.41. The summed E-state index contributed by atoms with van der Waals surface area (Å²) in [4.78, 5) is 4.39. The number of nitrogens with two attached hydrogens (primary N) is 1. The van der Waals surface area contributed by atoms with Gasteiger partial charge in [0.1, 0.15) is 10.8 Å². The Balaban J connectivity index is 2.25. The van der Waals surface area contributed by atoms with Crippen molar-refractivity contribution in [2.45, 2.75) is 0 Å². The number of hydrogen-bond acceptors (Lipinski definition) is 4. The second-order valence-corrected chi connectivity index (χ2v) is 4.22. The number of rotatable bonds is 0. The highest BCUT2D eigenvalue weighted by atomic mass is 32.1. The minimum Gasteiger partial charge on any atom is -0.383 e. The van der Waals surface area contributed by atoms with E-state index >= 15 is 0 Å². The lowest BCUT2D eigenvalue weighted by Gasteiger charge is -2.04. The Bertz CT molecular complexity index is 542. The van der Waals surface area contributed by atoms with E-state index in [-0.39, 0.29) is 0 Å². The van der Waals surface area contributed by atoms with Crippen molar-refractivity contribution in [3.63, 3.8) is 0 Å². The van der Waals surface area contributed by atoms with Crippen LogP contribution in [0.1, 0.15) is 5.56 Å². The zero-order valence-corrected chi connectivity index (χ0v) is 8.71. The monoisotopic (exact) mass is 215 g/mol. The molecule has 0 unspecified atom stereocenters. The number of aliphatic imine (C=N–C) groups is 1. The Morgan fingerprint density at radius 3 is 3.00 bits per heavy atom. The van der Waals surface area contributed by atoms with Crippen LogP contribution in [0.15, 0.2) is 40.7 Å². The first-order valence-corrected chi connectivity index (χ1v) is 5.50. The molecule has 1 aliphatic heterocycles. The molecule has 3 N–H and O–H groups in total. The van der Waals surface area contributed by atoms with E-state index in [1.54, 1.807) is 11.3 Å². The molecular formula is C11H9N3S. The number of hydrogen-bond donors (Lipinski definition) is 2. The molecule has 1 aromatic carbocycles. The van der Waals surface area contributed by atoms with Gasteiger partial charge in [0.15, 0.2) is 0 Å². The van der Waals surface area contributed by atoms with Crippen LogP contribution >= 0.6 is 11.3 Å². The average Bonchev–Trinajstić information content (AvgIpc) is 2.64. The van der Waals surface area contributed by atoms with Crippen LogP contribution in [-0.4, -0.2) is 5.84 Å². The highest BCUT2D eigenvalue weighted by Crippen LogP contribution is 2.35. The van der Waals surface area contributed by atoms with E-state index in [1.165, 1.54) is 0 Å². The van der Waals surface area contributed by atoms with E-state index in [0.29, 0.717) is 5.84 Å². The van der Waals surface area contributed by atoms with E-state index in [2.05, 4.69) is 10.3 Å². The molecule has 2 heterocycles. The molecule has 3 rings (SSSR count). The molecule has 0 radical (unpaired) electrons. The Hall–Kier alpha value is -1.81. The summed E-state index contributed by atoms with van der Waals surface area (Å²) in [6, 6.07) is 9.87. The average molecular weight is 215 g/mol. The first-order chi connectivity index (χ1) is 7.34. The maximum absolute atomic E-state index is 5.92. The number of anilines is 2. The summed E-state index contributed by atoms with van der Waals surface area (Å²) >= 11 is 1.63. The number of fused-ring (bicyclic) bond motifs is 2. The number of thiophene rings is 1. The standard InChI is InChI=1S/C11H9N3S/c12-10-7-5-6-15-11(7)14-9-4-2-1-3-8(9)13-10/h1-6,14H,(H2,12,13). The topological polar surface area (TPSA) is 50.4 Å². The van der Waals surface area contributed by atoms with Gasteiger partial charge in [0, 0.05) is 0 Å². The summed E-state index contributed by atoms with van der Waals surface area (Å²) in [5.74, 6) is 0.573. The van der Waals surface area contributed by atoms with Gasteiger partial charge in [-0.05, 0) is 23.6 Å². The summed E-state index contributed by atoms with van der Waals surface area (Å²) in [7, 11) is 0. The number of nitrogens with one attached hydrogen (secondary N) is 1. The van der Waals surface area contributed by atoms with Crippen LogP contribution in [0.4, 0.5) is 16.4 Å². The number of nitrogens with zero attached hydrogens (tertiary/aromatic N) is 1. The molecule has 1 aliphatic rings. The Kier molecular flexibility index (Phi) is 1.76. The van der Waals surface area contributed by atoms with E-state index in [1.807, 2.05) is 35.7 Å². The smallest absolute Gasteiger partial charge is 0.134 e. The molecule has 0 fully saturated rings. The van der Waals surface area contributed by atoms with Crippen LogP contribution < -0.4 is 11.1 Å². The highest BCUT2D eigenvalue weighted by molar-refractivity contribution is 7.14. The van der Waals surface area contributed by atoms with Crippen LogP contribution in [-0.2, 0) is 0 Å². The molecule has 0 bridgehead atoms. The van der Waals surface area contributed by atoms with Gasteiger partial charge in [-0.3, -0.25) is 0 Å². The first-order valence-electron chi connectivity index (χ1n) is 4.63. The molecular weight excluding hydrogens is 206 g/mol. The third-order valence-electron chi connectivity index (χ3n) is 2.33. The zero-order chi connectivity index (χ0) is 10.3. The molecule has 0 atom stereocenters. The third kappa shape index (κ3) is 1.30. The predicted molar refractivity (Wildman–Crippen MR) is 64.4 cm³/mol. The van der Waals surface area contributed by atoms with Crippen molar-refractivity contribution in [2.75, 3.05) is 5.32 Å². The summed E-state index contributed by atoms with van der Waals surface area (Å²) in [6.07, 6.45) is 0. The van der Waals surface area contributed by atoms with E-state index in [9.17, 15) is 0 Å². The number of benzene rings is 1. The lowest BCUT2D eigenvalue weighted by atomic mass is 10.3. The van der Waals surface area contributed by atoms with Crippen LogP contribution in [0.2, 0.25) is 0 Å². The molecule has 15 heavy (non-hydrogen) atoms. The van der Waals surface area contributed by atoms with Crippen LogP contribution in [0.3, 0.4) is 0 Å². The van der Waals surface area contributed by atoms with Gasteiger partial charge >= 0.3 is 0 Å². The molecule has 4 heteroatoms. The zero-order valence-electron chi connectivity index (χ0n) is 7.90. The van der Waals surface area contributed by atoms with Gasteiger partial charge in [-0.2, -0.15) is 0 Å². The highest BCUT2D eigenvalue weighted by Gasteiger charge is 2.14. The van der Waals surface area contributed by atoms with Crippen molar-refractivity contribution in [3.8, 4) is 0 Å². The largest absolute Gasteiger partial charge is 0.383 e. The predicted octanol–water partition coefficient (Wildman–Crippen LogP) is 2.84. The van der Waals surface area contributed by atoms with E-state index in [0.717, 1.165) is 21.9 Å². The minimum absolute atomic E-state index is 0.573. The fourth-order valence-electron chi connectivity index (χ4n) is 1.60. The van der Waals surface area contributed by atoms with Gasteiger partial charge in [0.2, 0.25) is 0 Å². The summed E-state index contributed by atoms with van der Waals surface area (Å²) in [6.45, 7) is 0.